The Hall–Kier alpha value is -1.88. The van der Waals surface area contributed by atoms with Gasteiger partial charge >= 0.3 is 0 Å². The van der Waals surface area contributed by atoms with E-state index in [0.29, 0.717) is 11.5 Å². The van der Waals surface area contributed by atoms with Crippen molar-refractivity contribution in [1.82, 2.24) is 0 Å². The van der Waals surface area contributed by atoms with Crippen molar-refractivity contribution < 1.29 is 9.34 Å². The van der Waals surface area contributed by atoms with Crippen LogP contribution in [-0.2, 0) is 0 Å². The summed E-state index contributed by atoms with van der Waals surface area (Å²) in [7, 11) is 0. The van der Waals surface area contributed by atoms with Gasteiger partial charge in [0.1, 0.15) is 11.5 Å². The average molecular weight is 308 g/mol. The molecular formula is C13H10BrNO3. The predicted octanol–water partition coefficient (Wildman–Crippen LogP) is 4.35. The molecule has 0 N–H and O–H groups in total. The highest BCUT2D eigenvalue weighted by atomic mass is 79.9. The van der Waals surface area contributed by atoms with Crippen LogP contribution in [0.4, 0.5) is 0 Å². The Morgan fingerprint density at radius 2 is 1.94 bits per heavy atom. The lowest BCUT2D eigenvalue weighted by atomic mass is 10.2. The predicted molar refractivity (Wildman–Crippen MR) is 72.5 cm³/mol. The Kier molecular flexibility index (Phi) is 3.62. The molecule has 0 saturated heterocycles. The van der Waals surface area contributed by atoms with Crippen LogP contribution in [0.25, 0.3) is 17.4 Å². The van der Waals surface area contributed by atoms with Gasteiger partial charge in [-0.25, -0.2) is 0 Å². The quantitative estimate of drug-likeness (QED) is 0.626. The van der Waals surface area contributed by atoms with Crippen molar-refractivity contribution in [3.8, 4) is 11.3 Å². The van der Waals surface area contributed by atoms with Gasteiger partial charge in [0.2, 0.25) is 5.70 Å². The van der Waals surface area contributed by atoms with Crippen LogP contribution in [0, 0.1) is 10.1 Å². The van der Waals surface area contributed by atoms with E-state index in [1.807, 2.05) is 24.3 Å². The number of halogens is 1. The molecule has 0 bridgehead atoms. The first kappa shape index (κ1) is 12.6. The SMILES string of the molecule is CC(=Cc1ccc(-c2ccc(Br)cc2)o1)[N+](=O)[O-]. The molecule has 0 aliphatic carbocycles. The molecule has 18 heavy (non-hydrogen) atoms. The zero-order valence-electron chi connectivity index (χ0n) is 9.59. The number of benzene rings is 1. The number of allylic oxidation sites excluding steroid dienone is 1. The zero-order valence-corrected chi connectivity index (χ0v) is 11.2. The summed E-state index contributed by atoms with van der Waals surface area (Å²) >= 11 is 3.36. The third-order valence-electron chi connectivity index (χ3n) is 2.39. The second kappa shape index (κ2) is 5.18. The van der Waals surface area contributed by atoms with Gasteiger partial charge in [0.25, 0.3) is 0 Å². The third kappa shape index (κ3) is 2.87. The molecule has 0 aliphatic heterocycles. The van der Waals surface area contributed by atoms with E-state index >= 15 is 0 Å². The third-order valence-corrected chi connectivity index (χ3v) is 2.92. The first-order chi connectivity index (χ1) is 8.56. The van der Waals surface area contributed by atoms with Gasteiger partial charge in [-0.2, -0.15) is 0 Å². The van der Waals surface area contributed by atoms with E-state index in [9.17, 15) is 10.1 Å². The molecule has 92 valence electrons. The van der Waals surface area contributed by atoms with Crippen molar-refractivity contribution in [3.05, 3.63) is 62.4 Å². The van der Waals surface area contributed by atoms with Crippen molar-refractivity contribution >= 4 is 22.0 Å². The van der Waals surface area contributed by atoms with Crippen molar-refractivity contribution in [1.29, 1.82) is 0 Å². The van der Waals surface area contributed by atoms with Crippen LogP contribution < -0.4 is 0 Å². The van der Waals surface area contributed by atoms with Crippen molar-refractivity contribution in [2.45, 2.75) is 6.92 Å². The first-order valence-corrected chi connectivity index (χ1v) is 6.04. The number of rotatable bonds is 3. The van der Waals surface area contributed by atoms with Gasteiger partial charge in [0, 0.05) is 17.0 Å². The first-order valence-electron chi connectivity index (χ1n) is 5.25. The lowest BCUT2D eigenvalue weighted by Crippen LogP contribution is -1.92. The minimum atomic E-state index is -0.443. The summed E-state index contributed by atoms with van der Waals surface area (Å²) < 4.78 is 6.52. The standard InChI is InChI=1S/C13H10BrNO3/c1-9(15(16)17)8-12-6-7-13(18-12)10-2-4-11(14)5-3-10/h2-8H,1H3. The van der Waals surface area contributed by atoms with E-state index in [2.05, 4.69) is 15.9 Å². The zero-order chi connectivity index (χ0) is 13.1. The Morgan fingerprint density at radius 3 is 2.56 bits per heavy atom. The highest BCUT2D eigenvalue weighted by Crippen LogP contribution is 2.24. The minimum Gasteiger partial charge on any atom is -0.456 e. The van der Waals surface area contributed by atoms with E-state index in [-0.39, 0.29) is 5.70 Å². The van der Waals surface area contributed by atoms with E-state index in [0.717, 1.165) is 10.0 Å². The molecule has 1 aromatic carbocycles. The second-order valence-electron chi connectivity index (χ2n) is 3.75. The lowest BCUT2D eigenvalue weighted by Gasteiger charge is -1.96. The van der Waals surface area contributed by atoms with E-state index < -0.39 is 4.92 Å². The fraction of sp³-hybridized carbons (Fsp3) is 0.0769. The van der Waals surface area contributed by atoms with Crippen LogP contribution in [0.5, 0.6) is 0 Å². The Labute approximate surface area is 112 Å². The second-order valence-corrected chi connectivity index (χ2v) is 4.67. The van der Waals surface area contributed by atoms with Crippen LogP contribution in [0.1, 0.15) is 12.7 Å². The summed E-state index contributed by atoms with van der Waals surface area (Å²) in [6.45, 7) is 1.43. The van der Waals surface area contributed by atoms with Crippen LogP contribution in [0.3, 0.4) is 0 Å². The van der Waals surface area contributed by atoms with Gasteiger partial charge < -0.3 is 4.42 Å². The van der Waals surface area contributed by atoms with Gasteiger partial charge in [0.15, 0.2) is 0 Å². The fourth-order valence-electron chi connectivity index (χ4n) is 1.46. The number of hydrogen-bond donors (Lipinski definition) is 0. The highest BCUT2D eigenvalue weighted by Gasteiger charge is 2.07. The molecule has 1 heterocycles. The number of nitrogens with zero attached hydrogens (tertiary/aromatic N) is 1. The summed E-state index contributed by atoms with van der Waals surface area (Å²) in [5.41, 5.74) is 0.975. The smallest absolute Gasteiger partial charge is 0.246 e. The molecule has 0 spiro atoms. The van der Waals surface area contributed by atoms with Gasteiger partial charge in [-0.15, -0.1) is 0 Å². The molecule has 0 radical (unpaired) electrons. The van der Waals surface area contributed by atoms with Gasteiger partial charge in [-0.05, 0) is 24.3 Å². The Balaban J connectivity index is 2.28. The number of furan rings is 1. The van der Waals surface area contributed by atoms with Gasteiger partial charge in [-0.1, -0.05) is 28.1 Å². The molecule has 0 saturated carbocycles. The maximum atomic E-state index is 10.5. The molecule has 4 nitrogen and oxygen atoms in total. The maximum Gasteiger partial charge on any atom is 0.246 e. The van der Waals surface area contributed by atoms with Crippen LogP contribution in [0.2, 0.25) is 0 Å². The Bertz CT molecular complexity index is 599. The normalized spacial score (nSPS) is 11.6. The minimum absolute atomic E-state index is 0.0479. The molecule has 2 rings (SSSR count). The molecule has 5 heteroatoms. The van der Waals surface area contributed by atoms with E-state index in [4.69, 9.17) is 4.42 Å². The van der Waals surface area contributed by atoms with Gasteiger partial charge in [0.05, 0.1) is 11.0 Å². The number of nitro groups is 1. The van der Waals surface area contributed by atoms with Crippen molar-refractivity contribution in [3.63, 3.8) is 0 Å². The van der Waals surface area contributed by atoms with Crippen molar-refractivity contribution in [2.75, 3.05) is 0 Å². The van der Waals surface area contributed by atoms with Gasteiger partial charge in [-0.3, -0.25) is 10.1 Å². The topological polar surface area (TPSA) is 56.3 Å². The molecule has 0 aliphatic rings. The summed E-state index contributed by atoms with van der Waals surface area (Å²) in [6, 6.07) is 11.2. The maximum absolute atomic E-state index is 10.5. The summed E-state index contributed by atoms with van der Waals surface area (Å²) in [4.78, 5) is 10.1. The molecular weight excluding hydrogens is 298 g/mol. The summed E-state index contributed by atoms with van der Waals surface area (Å²) in [5.74, 6) is 1.16. The molecule has 0 fully saturated rings. The Morgan fingerprint density at radius 1 is 1.28 bits per heavy atom. The molecule has 1 aromatic heterocycles. The number of hydrogen-bond acceptors (Lipinski definition) is 3. The fourth-order valence-corrected chi connectivity index (χ4v) is 1.72. The van der Waals surface area contributed by atoms with Crippen molar-refractivity contribution in [2.24, 2.45) is 0 Å². The lowest BCUT2D eigenvalue weighted by molar-refractivity contribution is -0.422. The highest BCUT2D eigenvalue weighted by molar-refractivity contribution is 9.10. The summed E-state index contributed by atoms with van der Waals surface area (Å²) in [6.07, 6.45) is 1.41. The van der Waals surface area contributed by atoms with E-state index in [1.165, 1.54) is 13.0 Å². The molecule has 0 atom stereocenters. The molecule has 0 amide bonds. The monoisotopic (exact) mass is 307 g/mol. The molecule has 0 unspecified atom stereocenters. The van der Waals surface area contributed by atoms with E-state index in [1.54, 1.807) is 12.1 Å². The van der Waals surface area contributed by atoms with Crippen LogP contribution in [-0.4, -0.2) is 4.92 Å². The van der Waals surface area contributed by atoms with Crippen LogP contribution in [0.15, 0.2) is 51.0 Å². The largest absolute Gasteiger partial charge is 0.456 e. The van der Waals surface area contributed by atoms with Crippen LogP contribution >= 0.6 is 15.9 Å². The average Bonchev–Trinajstić information content (AvgIpc) is 2.78. The molecule has 2 aromatic rings. The summed E-state index contributed by atoms with van der Waals surface area (Å²) in [5, 5.41) is 10.5.